The van der Waals surface area contributed by atoms with E-state index in [0.717, 1.165) is 0 Å². The molecule has 2 rings (SSSR count). The normalized spacial score (nSPS) is 17.6. The second-order valence-electron chi connectivity index (χ2n) is 4.13. The second kappa shape index (κ2) is 5.43. The van der Waals surface area contributed by atoms with Gasteiger partial charge in [0.05, 0.1) is 0 Å². The zero-order chi connectivity index (χ0) is 14.7. The number of carbonyl (C=O) groups excluding carboxylic acids is 2. The molecule has 0 aromatic heterocycles. The third-order valence-electron chi connectivity index (χ3n) is 2.57. The minimum absolute atomic E-state index is 0.155. The molecule has 1 aromatic carbocycles. The summed E-state index contributed by atoms with van der Waals surface area (Å²) in [6, 6.07) is 5.90. The van der Waals surface area contributed by atoms with Gasteiger partial charge in [-0.25, -0.2) is 9.59 Å². The van der Waals surface area contributed by atoms with Crippen LogP contribution in [0.3, 0.4) is 0 Å². The van der Waals surface area contributed by atoms with Crippen LogP contribution in [-0.2, 0) is 9.59 Å². The quantitative estimate of drug-likeness (QED) is 0.555. The number of carboxylic acid groups (broad SMARTS) is 1. The Morgan fingerprint density at radius 2 is 1.90 bits per heavy atom. The molecule has 0 aliphatic carbocycles. The van der Waals surface area contributed by atoms with Crippen molar-refractivity contribution in [3.8, 4) is 5.75 Å². The van der Waals surface area contributed by atoms with Gasteiger partial charge in [0.1, 0.15) is 11.4 Å². The fourth-order valence-corrected chi connectivity index (χ4v) is 1.55. The van der Waals surface area contributed by atoms with E-state index in [9.17, 15) is 14.4 Å². The van der Waals surface area contributed by atoms with Gasteiger partial charge in [0.2, 0.25) is 0 Å². The van der Waals surface area contributed by atoms with Gasteiger partial charge in [-0.1, -0.05) is 12.1 Å². The lowest BCUT2D eigenvalue weighted by Gasteiger charge is -2.10. The molecule has 1 heterocycles. The predicted molar refractivity (Wildman–Crippen MR) is 68.8 cm³/mol. The maximum absolute atomic E-state index is 11.3. The minimum Gasteiger partial charge on any atom is -0.479 e. The van der Waals surface area contributed by atoms with Gasteiger partial charge in [0, 0.05) is 0 Å². The molecule has 1 aromatic rings. The number of hydrogen-bond acceptors (Lipinski definition) is 4. The molecule has 7 nitrogen and oxygen atoms in total. The van der Waals surface area contributed by atoms with Gasteiger partial charge >= 0.3 is 12.0 Å². The van der Waals surface area contributed by atoms with Crippen molar-refractivity contribution in [2.45, 2.75) is 13.0 Å². The lowest BCUT2D eigenvalue weighted by atomic mass is 10.2. The maximum atomic E-state index is 11.3. The molecule has 1 aliphatic rings. The van der Waals surface area contributed by atoms with E-state index in [1.54, 1.807) is 24.3 Å². The number of carboxylic acids is 1. The van der Waals surface area contributed by atoms with Gasteiger partial charge < -0.3 is 15.2 Å². The number of aliphatic carboxylic acids is 1. The van der Waals surface area contributed by atoms with E-state index in [1.807, 2.05) is 0 Å². The Morgan fingerprint density at radius 1 is 1.25 bits per heavy atom. The fourth-order valence-electron chi connectivity index (χ4n) is 1.55. The van der Waals surface area contributed by atoms with Crippen LogP contribution < -0.4 is 15.4 Å². The highest BCUT2D eigenvalue weighted by Crippen LogP contribution is 2.16. The van der Waals surface area contributed by atoms with E-state index < -0.39 is 24.0 Å². The summed E-state index contributed by atoms with van der Waals surface area (Å²) in [6.07, 6.45) is 0.559. The Labute approximate surface area is 114 Å². The summed E-state index contributed by atoms with van der Waals surface area (Å²) < 4.78 is 5.17. The van der Waals surface area contributed by atoms with Crippen LogP contribution in [0.1, 0.15) is 12.5 Å². The number of hydrogen-bond donors (Lipinski definition) is 3. The van der Waals surface area contributed by atoms with Crippen molar-refractivity contribution in [1.29, 1.82) is 0 Å². The van der Waals surface area contributed by atoms with E-state index in [0.29, 0.717) is 11.3 Å². The lowest BCUT2D eigenvalue weighted by Crippen LogP contribution is -2.22. The summed E-state index contributed by atoms with van der Waals surface area (Å²) in [6.45, 7) is 1.43. The average Bonchev–Trinajstić information content (AvgIpc) is 2.70. The summed E-state index contributed by atoms with van der Waals surface area (Å²) in [7, 11) is 0. The van der Waals surface area contributed by atoms with Crippen LogP contribution >= 0.6 is 0 Å². The van der Waals surface area contributed by atoms with Gasteiger partial charge in [0.15, 0.2) is 6.10 Å². The van der Waals surface area contributed by atoms with E-state index in [2.05, 4.69) is 10.6 Å². The third-order valence-corrected chi connectivity index (χ3v) is 2.57. The Hall–Kier alpha value is -2.83. The van der Waals surface area contributed by atoms with Crippen LogP contribution in [0.25, 0.3) is 6.08 Å². The highest BCUT2D eigenvalue weighted by atomic mass is 16.5. The van der Waals surface area contributed by atoms with Crippen molar-refractivity contribution in [3.63, 3.8) is 0 Å². The van der Waals surface area contributed by atoms with Gasteiger partial charge in [0.25, 0.3) is 5.91 Å². The molecule has 1 saturated heterocycles. The zero-order valence-corrected chi connectivity index (χ0v) is 10.5. The SMILES string of the molecule is CC(Oc1ccc(C=C2NC(=O)NC2=O)cc1)C(=O)O. The number of rotatable bonds is 4. The molecule has 7 heteroatoms. The summed E-state index contributed by atoms with van der Waals surface area (Å²) in [4.78, 5) is 32.9. The smallest absolute Gasteiger partial charge is 0.344 e. The summed E-state index contributed by atoms with van der Waals surface area (Å²) in [5.74, 6) is -1.14. The molecular weight excluding hydrogens is 264 g/mol. The second-order valence-corrected chi connectivity index (χ2v) is 4.13. The molecule has 0 spiro atoms. The number of ether oxygens (including phenoxy) is 1. The number of amides is 3. The fraction of sp³-hybridized carbons (Fsp3) is 0.154. The predicted octanol–water partition coefficient (Wildman–Crippen LogP) is 0.719. The van der Waals surface area contributed by atoms with Crippen LogP contribution in [0, 0.1) is 0 Å². The summed E-state index contributed by atoms with van der Waals surface area (Å²) >= 11 is 0. The van der Waals surface area contributed by atoms with Crippen LogP contribution in [0.2, 0.25) is 0 Å². The Bertz CT molecular complexity index is 591. The minimum atomic E-state index is -1.05. The monoisotopic (exact) mass is 276 g/mol. The molecule has 3 N–H and O–H groups in total. The topological polar surface area (TPSA) is 105 Å². The third kappa shape index (κ3) is 3.14. The van der Waals surface area contributed by atoms with Gasteiger partial charge in [-0.2, -0.15) is 0 Å². The highest BCUT2D eigenvalue weighted by Gasteiger charge is 2.22. The molecule has 3 amide bonds. The number of carbonyl (C=O) groups is 3. The molecule has 1 fully saturated rings. The Kier molecular flexibility index (Phi) is 3.69. The Morgan fingerprint density at radius 3 is 2.40 bits per heavy atom. The standard InChI is InChI=1S/C13H12N2O5/c1-7(12(17)18)20-9-4-2-8(3-5-9)6-10-11(16)15-13(19)14-10/h2-7H,1H3,(H,17,18)(H2,14,15,16,19). The summed E-state index contributed by atoms with van der Waals surface area (Å²) in [5.41, 5.74) is 0.829. The zero-order valence-electron chi connectivity index (χ0n) is 10.5. The first-order valence-electron chi connectivity index (χ1n) is 5.79. The highest BCUT2D eigenvalue weighted by molar-refractivity contribution is 6.13. The molecular formula is C13H12N2O5. The molecule has 20 heavy (non-hydrogen) atoms. The number of benzene rings is 1. The first-order chi connectivity index (χ1) is 9.45. The van der Waals surface area contributed by atoms with Crippen molar-refractivity contribution in [2.24, 2.45) is 0 Å². The molecule has 1 aliphatic heterocycles. The molecule has 1 unspecified atom stereocenters. The van der Waals surface area contributed by atoms with E-state index in [-0.39, 0.29) is 5.70 Å². The molecule has 104 valence electrons. The van der Waals surface area contributed by atoms with E-state index in [4.69, 9.17) is 9.84 Å². The summed E-state index contributed by atoms with van der Waals surface area (Å²) in [5, 5.41) is 13.2. The average molecular weight is 276 g/mol. The number of urea groups is 1. The van der Waals surface area contributed by atoms with Crippen LogP contribution in [0.4, 0.5) is 4.79 Å². The largest absolute Gasteiger partial charge is 0.479 e. The van der Waals surface area contributed by atoms with Crippen LogP contribution in [0.15, 0.2) is 30.0 Å². The number of imide groups is 1. The van der Waals surface area contributed by atoms with Gasteiger partial charge in [-0.3, -0.25) is 10.1 Å². The van der Waals surface area contributed by atoms with Gasteiger partial charge in [-0.15, -0.1) is 0 Å². The molecule has 0 radical (unpaired) electrons. The van der Waals surface area contributed by atoms with Crippen molar-refractivity contribution < 1.29 is 24.2 Å². The lowest BCUT2D eigenvalue weighted by molar-refractivity contribution is -0.144. The van der Waals surface area contributed by atoms with Crippen LogP contribution in [0.5, 0.6) is 5.75 Å². The first kappa shape index (κ1) is 13.6. The molecule has 0 saturated carbocycles. The first-order valence-corrected chi connectivity index (χ1v) is 5.79. The Balaban J connectivity index is 2.09. The van der Waals surface area contributed by atoms with E-state index >= 15 is 0 Å². The van der Waals surface area contributed by atoms with Crippen molar-refractivity contribution in [1.82, 2.24) is 10.6 Å². The van der Waals surface area contributed by atoms with E-state index in [1.165, 1.54) is 13.0 Å². The number of nitrogens with one attached hydrogen (secondary N) is 2. The maximum Gasteiger partial charge on any atom is 0.344 e. The molecule has 0 bridgehead atoms. The van der Waals surface area contributed by atoms with Gasteiger partial charge in [-0.05, 0) is 30.7 Å². The van der Waals surface area contributed by atoms with Crippen LogP contribution in [-0.4, -0.2) is 29.1 Å². The molecule has 1 atom stereocenters. The van der Waals surface area contributed by atoms with Crippen molar-refractivity contribution in [3.05, 3.63) is 35.5 Å². The van der Waals surface area contributed by atoms with Crippen molar-refractivity contribution >= 4 is 24.0 Å². The van der Waals surface area contributed by atoms with Crippen molar-refractivity contribution in [2.75, 3.05) is 0 Å².